The summed E-state index contributed by atoms with van der Waals surface area (Å²) in [6.45, 7) is 1.34. The fourth-order valence-corrected chi connectivity index (χ4v) is 3.57. The van der Waals surface area contributed by atoms with Gasteiger partial charge in [0.15, 0.2) is 0 Å². The zero-order chi connectivity index (χ0) is 20.1. The molecule has 0 radical (unpaired) electrons. The van der Waals surface area contributed by atoms with Crippen LogP contribution < -0.4 is 15.5 Å². The van der Waals surface area contributed by atoms with E-state index in [1.165, 1.54) is 5.56 Å². The highest BCUT2D eigenvalue weighted by Gasteiger charge is 2.29. The maximum absolute atomic E-state index is 12.3. The molecule has 1 atom stereocenters. The van der Waals surface area contributed by atoms with Gasteiger partial charge in [0.2, 0.25) is 0 Å². The van der Waals surface area contributed by atoms with E-state index in [-0.39, 0.29) is 19.1 Å². The molecule has 3 aromatic rings. The number of carbonyl (C=O) groups excluding carboxylic acids is 2. The van der Waals surface area contributed by atoms with E-state index >= 15 is 0 Å². The molecule has 2 aromatic heterocycles. The van der Waals surface area contributed by atoms with Gasteiger partial charge in [-0.2, -0.15) is 0 Å². The highest BCUT2D eigenvalue weighted by Crippen LogP contribution is 2.34. The summed E-state index contributed by atoms with van der Waals surface area (Å²) in [4.78, 5) is 30.7. The van der Waals surface area contributed by atoms with Crippen LogP contribution in [0.3, 0.4) is 0 Å². The quantitative estimate of drug-likeness (QED) is 0.630. The first-order valence-electron chi connectivity index (χ1n) is 9.55. The summed E-state index contributed by atoms with van der Waals surface area (Å²) in [6, 6.07) is 15.3. The fraction of sp³-hybridized carbons (Fsp3) is 0.227. The highest BCUT2D eigenvalue weighted by atomic mass is 16.3. The number of benzene rings is 1. The molecule has 0 spiro atoms. The smallest absolute Gasteiger partial charge is 0.309 e. The number of carbonyl (C=O) groups is 2. The Morgan fingerprint density at radius 3 is 2.72 bits per heavy atom. The molecular weight excluding hydrogens is 368 g/mol. The van der Waals surface area contributed by atoms with E-state index in [0.29, 0.717) is 0 Å². The third-order valence-corrected chi connectivity index (χ3v) is 5.01. The SMILES string of the molecule is O=C(NCc1cccnc1)C(=O)NC[C@H](c1ccco1)N1CCc2ccccc21. The van der Waals surface area contributed by atoms with E-state index in [1.807, 2.05) is 30.3 Å². The number of nitrogens with one attached hydrogen (secondary N) is 2. The van der Waals surface area contributed by atoms with Crippen molar-refractivity contribution in [2.75, 3.05) is 18.0 Å². The van der Waals surface area contributed by atoms with Crippen LogP contribution in [0.4, 0.5) is 5.69 Å². The lowest BCUT2D eigenvalue weighted by Crippen LogP contribution is -2.43. The number of hydrogen-bond acceptors (Lipinski definition) is 5. The number of furan rings is 1. The molecule has 3 heterocycles. The van der Waals surface area contributed by atoms with Crippen LogP contribution in [0.5, 0.6) is 0 Å². The van der Waals surface area contributed by atoms with E-state index in [4.69, 9.17) is 4.42 Å². The van der Waals surface area contributed by atoms with Crippen molar-refractivity contribution in [2.24, 2.45) is 0 Å². The molecule has 1 aromatic carbocycles. The third-order valence-electron chi connectivity index (χ3n) is 5.01. The summed E-state index contributed by atoms with van der Waals surface area (Å²) in [6.07, 6.45) is 5.86. The first-order chi connectivity index (χ1) is 14.2. The molecule has 4 rings (SSSR count). The van der Waals surface area contributed by atoms with Gasteiger partial charge in [0.05, 0.1) is 6.26 Å². The van der Waals surface area contributed by atoms with Gasteiger partial charge in [-0.3, -0.25) is 14.6 Å². The summed E-state index contributed by atoms with van der Waals surface area (Å²) in [5.74, 6) is -0.593. The zero-order valence-electron chi connectivity index (χ0n) is 15.9. The first-order valence-corrected chi connectivity index (χ1v) is 9.55. The van der Waals surface area contributed by atoms with Crippen molar-refractivity contribution < 1.29 is 14.0 Å². The van der Waals surface area contributed by atoms with Crippen molar-refractivity contribution in [1.29, 1.82) is 0 Å². The van der Waals surface area contributed by atoms with Crippen LogP contribution in [0.2, 0.25) is 0 Å². The zero-order valence-corrected chi connectivity index (χ0v) is 15.9. The topological polar surface area (TPSA) is 87.5 Å². The average molecular weight is 390 g/mol. The van der Waals surface area contributed by atoms with Crippen LogP contribution >= 0.6 is 0 Å². The number of para-hydroxylation sites is 1. The van der Waals surface area contributed by atoms with E-state index in [9.17, 15) is 9.59 Å². The second-order valence-corrected chi connectivity index (χ2v) is 6.86. The minimum atomic E-state index is -0.672. The van der Waals surface area contributed by atoms with E-state index in [0.717, 1.165) is 30.0 Å². The number of amides is 2. The molecule has 29 heavy (non-hydrogen) atoms. The molecule has 148 valence electrons. The second kappa shape index (κ2) is 8.60. The first kappa shape index (κ1) is 18.7. The molecule has 7 nitrogen and oxygen atoms in total. The average Bonchev–Trinajstić information content (AvgIpc) is 3.44. The third kappa shape index (κ3) is 4.29. The summed E-state index contributed by atoms with van der Waals surface area (Å²) in [5, 5.41) is 5.36. The van der Waals surface area contributed by atoms with Crippen LogP contribution in [-0.2, 0) is 22.6 Å². The maximum Gasteiger partial charge on any atom is 0.309 e. The van der Waals surface area contributed by atoms with E-state index < -0.39 is 11.8 Å². The van der Waals surface area contributed by atoms with Gasteiger partial charge in [-0.05, 0) is 41.8 Å². The number of hydrogen-bond donors (Lipinski definition) is 2. The van der Waals surface area contributed by atoms with Crippen LogP contribution in [0.25, 0.3) is 0 Å². The Morgan fingerprint density at radius 1 is 1.07 bits per heavy atom. The molecule has 0 fully saturated rings. The predicted molar refractivity (Wildman–Crippen MR) is 108 cm³/mol. The monoisotopic (exact) mass is 390 g/mol. The van der Waals surface area contributed by atoms with Gasteiger partial charge in [-0.1, -0.05) is 24.3 Å². The Hall–Kier alpha value is -3.61. The van der Waals surface area contributed by atoms with Crippen molar-refractivity contribution in [1.82, 2.24) is 15.6 Å². The van der Waals surface area contributed by atoms with Gasteiger partial charge in [0, 0.05) is 37.7 Å². The van der Waals surface area contributed by atoms with Gasteiger partial charge >= 0.3 is 11.8 Å². The summed E-state index contributed by atoms with van der Waals surface area (Å²) < 4.78 is 5.62. The molecule has 7 heteroatoms. The molecule has 0 saturated carbocycles. The van der Waals surface area contributed by atoms with Gasteiger partial charge in [0.1, 0.15) is 11.8 Å². The van der Waals surface area contributed by atoms with Crippen LogP contribution in [-0.4, -0.2) is 29.9 Å². The minimum Gasteiger partial charge on any atom is -0.467 e. The van der Waals surface area contributed by atoms with Crippen molar-refractivity contribution in [3.63, 3.8) is 0 Å². The molecular formula is C22H22N4O3. The Labute approximate surface area is 168 Å². The Balaban J connectivity index is 1.40. The van der Waals surface area contributed by atoms with Gasteiger partial charge in [0.25, 0.3) is 0 Å². The van der Waals surface area contributed by atoms with E-state index in [1.54, 1.807) is 24.7 Å². The number of nitrogens with zero attached hydrogens (tertiary/aromatic N) is 2. The standard InChI is InChI=1S/C22H22N4O3/c27-21(24-14-16-5-3-10-23-13-16)22(28)25-15-19(20-8-4-12-29-20)26-11-9-17-6-1-2-7-18(17)26/h1-8,10,12-13,19H,9,11,14-15H2,(H,24,27)(H,25,28)/t19-/m1/s1. The number of fused-ring (bicyclic) bond motifs is 1. The lowest BCUT2D eigenvalue weighted by Gasteiger charge is -2.29. The number of rotatable bonds is 6. The number of aromatic nitrogens is 1. The van der Waals surface area contributed by atoms with Gasteiger partial charge < -0.3 is 20.0 Å². The second-order valence-electron chi connectivity index (χ2n) is 6.86. The predicted octanol–water partition coefficient (Wildman–Crippen LogP) is 2.21. The molecule has 0 unspecified atom stereocenters. The lowest BCUT2D eigenvalue weighted by molar-refractivity contribution is -0.139. The summed E-state index contributed by atoms with van der Waals surface area (Å²) in [7, 11) is 0. The molecule has 0 bridgehead atoms. The Morgan fingerprint density at radius 2 is 1.93 bits per heavy atom. The lowest BCUT2D eigenvalue weighted by atomic mass is 10.1. The molecule has 2 N–H and O–H groups in total. The largest absolute Gasteiger partial charge is 0.467 e. The van der Waals surface area contributed by atoms with Crippen molar-refractivity contribution in [3.05, 3.63) is 84.1 Å². The highest BCUT2D eigenvalue weighted by molar-refractivity contribution is 6.35. The Bertz CT molecular complexity index is 973. The van der Waals surface area contributed by atoms with Crippen molar-refractivity contribution >= 4 is 17.5 Å². The van der Waals surface area contributed by atoms with Crippen LogP contribution in [0.15, 0.2) is 71.6 Å². The molecule has 0 saturated heterocycles. The van der Waals surface area contributed by atoms with Crippen LogP contribution in [0, 0.1) is 0 Å². The fourth-order valence-electron chi connectivity index (χ4n) is 3.57. The number of anilines is 1. The number of pyridine rings is 1. The van der Waals surface area contributed by atoms with Gasteiger partial charge in [-0.25, -0.2) is 0 Å². The maximum atomic E-state index is 12.3. The van der Waals surface area contributed by atoms with Crippen molar-refractivity contribution in [3.8, 4) is 0 Å². The molecule has 1 aliphatic heterocycles. The molecule has 0 aliphatic carbocycles. The normalized spacial score (nSPS) is 13.6. The minimum absolute atomic E-state index is 0.191. The summed E-state index contributed by atoms with van der Waals surface area (Å²) in [5.41, 5.74) is 3.23. The Kier molecular flexibility index (Phi) is 5.56. The van der Waals surface area contributed by atoms with Gasteiger partial charge in [-0.15, -0.1) is 0 Å². The van der Waals surface area contributed by atoms with Crippen molar-refractivity contribution in [2.45, 2.75) is 19.0 Å². The summed E-state index contributed by atoms with van der Waals surface area (Å²) >= 11 is 0. The van der Waals surface area contributed by atoms with Crippen LogP contribution in [0.1, 0.15) is 22.9 Å². The van der Waals surface area contributed by atoms with E-state index in [2.05, 4.69) is 32.7 Å². The molecule has 1 aliphatic rings. The molecule has 2 amide bonds.